The largest absolute Gasteiger partial charge is 0.466 e. The first-order chi connectivity index (χ1) is 11.1. The molecule has 0 heterocycles. The Morgan fingerprint density at radius 1 is 1.04 bits per heavy atom. The maximum absolute atomic E-state index is 11.5. The number of benzene rings is 1. The molecule has 0 bridgehead atoms. The van der Waals surface area contributed by atoms with Gasteiger partial charge in [0.2, 0.25) is 0 Å². The van der Waals surface area contributed by atoms with Gasteiger partial charge < -0.3 is 4.74 Å². The number of nitriles is 4. The monoisotopic (exact) mass is 304 g/mol. The molecule has 0 atom stereocenters. The van der Waals surface area contributed by atoms with E-state index in [9.17, 15) is 4.79 Å². The first kappa shape index (κ1) is 17.4. The molecule has 0 unspecified atom stereocenters. The summed E-state index contributed by atoms with van der Waals surface area (Å²) >= 11 is 0. The lowest BCUT2D eigenvalue weighted by Crippen LogP contribution is -2.19. The molecule has 6 nitrogen and oxygen atoms in total. The van der Waals surface area contributed by atoms with Crippen molar-refractivity contribution in [3.8, 4) is 24.3 Å². The average Bonchev–Trinajstić information content (AvgIpc) is 2.56. The smallest absolute Gasteiger partial charge is 0.306 e. The van der Waals surface area contributed by atoms with Gasteiger partial charge >= 0.3 is 5.97 Å². The van der Waals surface area contributed by atoms with Crippen LogP contribution in [-0.4, -0.2) is 12.6 Å². The van der Waals surface area contributed by atoms with Crippen LogP contribution in [0, 0.1) is 45.3 Å². The zero-order valence-electron chi connectivity index (χ0n) is 12.5. The maximum Gasteiger partial charge on any atom is 0.306 e. The predicted molar refractivity (Wildman–Crippen MR) is 79.9 cm³/mol. The Balaban J connectivity index is 3.51. The maximum atomic E-state index is 11.5. The van der Waals surface area contributed by atoms with Crippen molar-refractivity contribution in [1.82, 2.24) is 0 Å². The summed E-state index contributed by atoms with van der Waals surface area (Å²) in [6.45, 7) is 1.96. The zero-order chi connectivity index (χ0) is 17.2. The van der Waals surface area contributed by atoms with E-state index < -0.39 is 5.97 Å². The predicted octanol–water partition coefficient (Wildman–Crippen LogP) is 0.578. The van der Waals surface area contributed by atoms with Crippen LogP contribution in [0.2, 0.25) is 0 Å². The van der Waals surface area contributed by atoms with E-state index >= 15 is 0 Å². The molecule has 1 aromatic rings. The molecular weight excluding hydrogens is 292 g/mol. The molecule has 1 rings (SSSR count). The Hall–Kier alpha value is -3.61. The number of carbonyl (C=O) groups is 1. The fourth-order valence-electron chi connectivity index (χ4n) is 1.97. The van der Waals surface area contributed by atoms with Crippen molar-refractivity contribution in [3.05, 3.63) is 34.2 Å². The summed E-state index contributed by atoms with van der Waals surface area (Å²) in [5, 5.41) is 36.7. The van der Waals surface area contributed by atoms with Crippen molar-refractivity contribution in [3.63, 3.8) is 0 Å². The molecule has 6 heteroatoms. The van der Waals surface area contributed by atoms with Crippen LogP contribution in [-0.2, 0) is 16.0 Å². The van der Waals surface area contributed by atoms with Crippen LogP contribution in [0.25, 0.3) is 11.1 Å². The quantitative estimate of drug-likeness (QED) is 0.750. The van der Waals surface area contributed by atoms with Gasteiger partial charge in [0, 0.05) is 16.9 Å². The molecule has 0 aliphatic carbocycles. The highest BCUT2D eigenvalue weighted by molar-refractivity contribution is 5.75. The number of carbonyl (C=O) groups excluding carboxylic acids is 1. The molecule has 0 radical (unpaired) electrons. The molecule has 0 saturated heterocycles. The lowest BCUT2D eigenvalue weighted by Gasteiger charge is -2.04. The van der Waals surface area contributed by atoms with Crippen molar-refractivity contribution in [2.24, 2.45) is 0 Å². The summed E-state index contributed by atoms with van der Waals surface area (Å²) in [6.07, 6.45) is 0.307. The van der Waals surface area contributed by atoms with Crippen LogP contribution in [0.1, 0.15) is 18.9 Å². The Bertz CT molecular complexity index is 870. The lowest BCUT2D eigenvalue weighted by atomic mass is 10.0. The van der Waals surface area contributed by atoms with Crippen LogP contribution in [0.4, 0.5) is 0 Å². The van der Waals surface area contributed by atoms with E-state index in [0.29, 0.717) is 16.0 Å². The highest BCUT2D eigenvalue weighted by Crippen LogP contribution is 2.00. The average molecular weight is 304 g/mol. The minimum Gasteiger partial charge on any atom is -0.466 e. The normalized spacial score (nSPS) is 8.74. The molecule has 0 spiro atoms. The molecule has 0 amide bonds. The van der Waals surface area contributed by atoms with E-state index in [0.717, 1.165) is 0 Å². The van der Waals surface area contributed by atoms with Crippen molar-refractivity contribution in [2.75, 3.05) is 6.61 Å². The minimum absolute atomic E-state index is 0.0723. The summed E-state index contributed by atoms with van der Waals surface area (Å²) in [4.78, 5) is 11.5. The fourth-order valence-corrected chi connectivity index (χ4v) is 1.97. The van der Waals surface area contributed by atoms with Gasteiger partial charge in [-0.05, 0) is 25.0 Å². The summed E-state index contributed by atoms with van der Waals surface area (Å²) in [5.41, 5.74) is 0.368. The summed E-state index contributed by atoms with van der Waals surface area (Å²) < 4.78 is 4.85. The third-order valence-corrected chi connectivity index (χ3v) is 3.01. The first-order valence-electron chi connectivity index (χ1n) is 6.74. The van der Waals surface area contributed by atoms with E-state index in [1.165, 1.54) is 12.1 Å². The molecule has 0 saturated carbocycles. The van der Waals surface area contributed by atoms with Crippen LogP contribution in [0.5, 0.6) is 0 Å². The van der Waals surface area contributed by atoms with Gasteiger partial charge in [0.05, 0.1) is 6.61 Å². The van der Waals surface area contributed by atoms with Gasteiger partial charge in [-0.3, -0.25) is 4.79 Å². The highest BCUT2D eigenvalue weighted by Gasteiger charge is 2.08. The third kappa shape index (κ3) is 4.43. The van der Waals surface area contributed by atoms with Crippen molar-refractivity contribution >= 4 is 17.1 Å². The van der Waals surface area contributed by atoms with E-state index in [1.54, 1.807) is 37.3 Å². The van der Waals surface area contributed by atoms with Gasteiger partial charge in [-0.1, -0.05) is 12.1 Å². The molecule has 0 aliphatic rings. The van der Waals surface area contributed by atoms with Gasteiger partial charge in [0.25, 0.3) is 0 Å². The third-order valence-electron chi connectivity index (χ3n) is 3.01. The second kappa shape index (κ2) is 8.63. The number of esters is 1. The Morgan fingerprint density at radius 2 is 1.65 bits per heavy atom. The van der Waals surface area contributed by atoms with Crippen LogP contribution < -0.4 is 10.4 Å². The number of hydrogen-bond donors (Lipinski definition) is 0. The highest BCUT2D eigenvalue weighted by atomic mass is 16.5. The molecule has 0 aromatic heterocycles. The van der Waals surface area contributed by atoms with Crippen LogP contribution in [0.15, 0.2) is 18.2 Å². The summed E-state index contributed by atoms with van der Waals surface area (Å²) in [5.74, 6) is -0.399. The number of hydrogen-bond acceptors (Lipinski definition) is 6. The molecule has 0 aliphatic heterocycles. The molecular formula is C17H12N4O2. The van der Waals surface area contributed by atoms with E-state index in [2.05, 4.69) is 0 Å². The number of nitrogens with zero attached hydrogens (tertiary/aromatic N) is 4. The molecule has 0 N–H and O–H groups in total. The Morgan fingerprint density at radius 3 is 2.17 bits per heavy atom. The fraction of sp³-hybridized carbons (Fsp3) is 0.235. The molecule has 1 aromatic carbocycles. The number of aryl methyl sites for hydroxylation is 1. The Kier molecular flexibility index (Phi) is 6.54. The van der Waals surface area contributed by atoms with Crippen LogP contribution >= 0.6 is 0 Å². The van der Waals surface area contributed by atoms with Gasteiger partial charge in [-0.15, -0.1) is 0 Å². The lowest BCUT2D eigenvalue weighted by molar-refractivity contribution is -0.143. The van der Waals surface area contributed by atoms with Gasteiger partial charge in [0.15, 0.2) is 0 Å². The van der Waals surface area contributed by atoms with E-state index in [1.807, 2.05) is 0 Å². The van der Waals surface area contributed by atoms with Crippen molar-refractivity contribution < 1.29 is 9.53 Å². The van der Waals surface area contributed by atoms with Crippen LogP contribution in [0.3, 0.4) is 0 Å². The summed E-state index contributed by atoms with van der Waals surface area (Å²) in [6, 6.07) is 11.7. The minimum atomic E-state index is -0.399. The van der Waals surface area contributed by atoms with E-state index in [-0.39, 0.29) is 30.6 Å². The Labute approximate surface area is 133 Å². The second-order valence-electron chi connectivity index (χ2n) is 4.37. The molecule has 0 fully saturated rings. The summed E-state index contributed by atoms with van der Waals surface area (Å²) in [7, 11) is 0. The SMILES string of the molecule is CCOC(=O)CCc1cc(=C(C#N)C#N)ccc1=C(C#N)C#N. The zero-order valence-corrected chi connectivity index (χ0v) is 12.5. The molecule has 112 valence electrons. The topological polar surface area (TPSA) is 121 Å². The van der Waals surface area contributed by atoms with E-state index in [4.69, 9.17) is 25.8 Å². The van der Waals surface area contributed by atoms with Gasteiger partial charge in [-0.25, -0.2) is 0 Å². The number of ether oxygens (including phenoxy) is 1. The van der Waals surface area contributed by atoms with Gasteiger partial charge in [-0.2, -0.15) is 21.0 Å². The second-order valence-corrected chi connectivity index (χ2v) is 4.37. The van der Waals surface area contributed by atoms with Crippen molar-refractivity contribution in [1.29, 1.82) is 21.0 Å². The van der Waals surface area contributed by atoms with Gasteiger partial charge in [0.1, 0.15) is 35.4 Å². The van der Waals surface area contributed by atoms with Crippen molar-refractivity contribution in [2.45, 2.75) is 19.8 Å². The standard InChI is InChI=1S/C17H12N4O2/c1-2-23-17(22)6-4-13-7-12(14(8-18)9-19)3-5-16(13)15(10-20)11-21/h3,5,7H,2,4,6H2,1H3. The first-order valence-corrected chi connectivity index (χ1v) is 6.74. The number of rotatable bonds is 4. The molecule has 23 heavy (non-hydrogen) atoms.